The summed E-state index contributed by atoms with van der Waals surface area (Å²) in [6.07, 6.45) is 12.6. The SMILES string of the molecule is C.C.CC(C)(C)OC(=O)N1CCN2[C@@H](CCC[C@@H]2/C=C/c2cccc(Cl)c2)C1.CC(C)(C)OC(=O)N1CCN2[C@@H](CCC[C@@H]2C=O)C1.Clc1cccc(C[P+](c2ccccc2)(c2ccccc2)c2ccccc2)c1.[Br-]. The fourth-order valence-electron chi connectivity index (χ4n) is 10.4. The molecule has 406 valence electrons. The Hall–Kier alpha value is -4.54. The zero-order valence-electron chi connectivity index (χ0n) is 43.4. The largest absolute Gasteiger partial charge is 1.00 e. The van der Waals surface area contributed by atoms with Crippen LogP contribution in [-0.4, -0.2) is 113 Å². The zero-order valence-corrected chi connectivity index (χ0v) is 47.4. The van der Waals surface area contributed by atoms with Crippen molar-refractivity contribution in [3.8, 4) is 0 Å². The van der Waals surface area contributed by atoms with Crippen LogP contribution < -0.4 is 32.9 Å². The van der Waals surface area contributed by atoms with E-state index >= 15 is 0 Å². The van der Waals surface area contributed by atoms with Crippen molar-refractivity contribution in [1.29, 1.82) is 0 Å². The molecule has 0 aliphatic carbocycles. The number of piperazine rings is 2. The molecule has 13 heteroatoms. The number of nitrogens with zero attached hydrogens (tertiary/aromatic N) is 4. The van der Waals surface area contributed by atoms with Gasteiger partial charge in [-0.2, -0.15) is 0 Å². The Labute approximate surface area is 471 Å². The molecular formula is C62H82BrCl2N4O5P. The second kappa shape index (κ2) is 29.3. The molecule has 0 N–H and O–H groups in total. The van der Waals surface area contributed by atoms with E-state index in [1.54, 1.807) is 4.90 Å². The summed E-state index contributed by atoms with van der Waals surface area (Å²) in [5.41, 5.74) is 1.51. The molecule has 9 nitrogen and oxygen atoms in total. The number of ether oxygens (including phenoxy) is 2. The maximum absolute atomic E-state index is 12.4. The summed E-state index contributed by atoms with van der Waals surface area (Å²) in [4.78, 5) is 43.9. The average molecular weight is 1150 g/mol. The fourth-order valence-corrected chi connectivity index (χ4v) is 15.1. The average Bonchev–Trinajstić information content (AvgIpc) is 3.37. The van der Waals surface area contributed by atoms with Crippen LogP contribution in [0.5, 0.6) is 0 Å². The predicted molar refractivity (Wildman–Crippen MR) is 312 cm³/mol. The van der Waals surface area contributed by atoms with Crippen molar-refractivity contribution in [2.45, 2.75) is 136 Å². The lowest BCUT2D eigenvalue weighted by atomic mass is 9.93. The molecule has 4 atom stereocenters. The molecule has 4 aliphatic heterocycles. The predicted octanol–water partition coefficient (Wildman–Crippen LogP) is 10.6. The monoisotopic (exact) mass is 1140 g/mol. The number of hydrogen-bond donors (Lipinski definition) is 0. The number of hydrogen-bond acceptors (Lipinski definition) is 7. The molecule has 0 bridgehead atoms. The number of benzene rings is 5. The molecule has 4 aliphatic rings. The summed E-state index contributed by atoms with van der Waals surface area (Å²) >= 11 is 12.4. The van der Waals surface area contributed by atoms with E-state index < -0.39 is 18.5 Å². The second-order valence-corrected chi connectivity index (χ2v) is 25.6. The molecule has 0 aromatic heterocycles. The Bertz CT molecular complexity index is 2470. The first-order chi connectivity index (χ1) is 34.5. The molecule has 5 aromatic carbocycles. The third-order valence-electron chi connectivity index (χ3n) is 13.7. The molecule has 4 heterocycles. The van der Waals surface area contributed by atoms with Gasteiger partial charge in [0.15, 0.2) is 0 Å². The summed E-state index contributed by atoms with van der Waals surface area (Å²) in [6.45, 7) is 15.9. The number of fused-ring (bicyclic) bond motifs is 2. The molecule has 4 fully saturated rings. The maximum atomic E-state index is 12.4. The Morgan fingerprint density at radius 1 is 0.573 bits per heavy atom. The molecule has 0 radical (unpaired) electrons. The molecule has 2 amide bonds. The van der Waals surface area contributed by atoms with Gasteiger partial charge in [-0.15, -0.1) is 0 Å². The van der Waals surface area contributed by atoms with E-state index in [-0.39, 0.29) is 50.1 Å². The lowest BCUT2D eigenvalue weighted by Gasteiger charge is -2.47. The van der Waals surface area contributed by atoms with Crippen molar-refractivity contribution in [2.24, 2.45) is 0 Å². The van der Waals surface area contributed by atoms with Crippen molar-refractivity contribution in [1.82, 2.24) is 19.6 Å². The first kappa shape index (κ1) is 63.0. The lowest BCUT2D eigenvalue weighted by molar-refractivity contribution is -0.116. The van der Waals surface area contributed by atoms with E-state index in [1.165, 1.54) is 34.3 Å². The minimum absolute atomic E-state index is 0. The van der Waals surface area contributed by atoms with Gasteiger partial charge in [-0.1, -0.05) is 129 Å². The number of carbonyl (C=O) groups excluding carboxylic acids is 3. The molecular weight excluding hydrogens is 1060 g/mol. The van der Waals surface area contributed by atoms with Crippen molar-refractivity contribution in [2.75, 3.05) is 39.3 Å². The third-order valence-corrected chi connectivity index (χ3v) is 18.6. The van der Waals surface area contributed by atoms with Crippen molar-refractivity contribution in [3.05, 3.63) is 167 Å². The van der Waals surface area contributed by atoms with Crippen LogP contribution in [0.2, 0.25) is 10.0 Å². The first-order valence-electron chi connectivity index (χ1n) is 25.7. The number of amides is 2. The highest BCUT2D eigenvalue weighted by Crippen LogP contribution is 2.58. The minimum atomic E-state index is -1.85. The Kier molecular flexibility index (Phi) is 24.6. The number of piperidine rings is 2. The van der Waals surface area contributed by atoms with Gasteiger partial charge in [0.25, 0.3) is 0 Å². The van der Waals surface area contributed by atoms with E-state index in [9.17, 15) is 14.4 Å². The van der Waals surface area contributed by atoms with E-state index in [0.29, 0.717) is 31.2 Å². The summed E-state index contributed by atoms with van der Waals surface area (Å²) in [6, 6.07) is 50.2. The van der Waals surface area contributed by atoms with E-state index in [2.05, 4.69) is 131 Å². The van der Waals surface area contributed by atoms with E-state index in [1.807, 2.05) is 76.8 Å². The highest BCUT2D eigenvalue weighted by Gasteiger charge is 2.45. The number of halogens is 3. The lowest BCUT2D eigenvalue weighted by Crippen LogP contribution is -3.00. The van der Waals surface area contributed by atoms with Gasteiger partial charge >= 0.3 is 12.2 Å². The fraction of sp³-hybridized carbons (Fsp3) is 0.435. The molecule has 0 saturated carbocycles. The number of carbonyl (C=O) groups is 3. The smallest absolute Gasteiger partial charge is 0.410 e. The van der Waals surface area contributed by atoms with Crippen molar-refractivity contribution < 1.29 is 40.8 Å². The van der Waals surface area contributed by atoms with Crippen LogP contribution in [0.15, 0.2) is 146 Å². The third kappa shape index (κ3) is 17.7. The molecule has 5 aromatic rings. The number of rotatable bonds is 8. The van der Waals surface area contributed by atoms with Gasteiger partial charge in [0, 0.05) is 67.4 Å². The van der Waals surface area contributed by atoms with Gasteiger partial charge in [-0.05, 0) is 152 Å². The summed E-state index contributed by atoms with van der Waals surface area (Å²) < 4.78 is 11.0. The zero-order chi connectivity index (χ0) is 51.3. The van der Waals surface area contributed by atoms with Crippen molar-refractivity contribution >= 4 is 70.9 Å². The van der Waals surface area contributed by atoms with Gasteiger partial charge in [-0.25, -0.2) is 9.59 Å². The van der Waals surface area contributed by atoms with Gasteiger partial charge < -0.3 is 41.0 Å². The second-order valence-electron chi connectivity index (χ2n) is 21.3. The van der Waals surface area contributed by atoms with Crippen molar-refractivity contribution in [3.63, 3.8) is 0 Å². The molecule has 0 spiro atoms. The van der Waals surface area contributed by atoms with Crippen LogP contribution in [0.3, 0.4) is 0 Å². The highest BCUT2D eigenvalue weighted by molar-refractivity contribution is 7.95. The van der Waals surface area contributed by atoms with Crippen LogP contribution >= 0.6 is 30.5 Å². The van der Waals surface area contributed by atoms with E-state index in [4.69, 9.17) is 32.7 Å². The maximum Gasteiger partial charge on any atom is 0.410 e. The Morgan fingerprint density at radius 2 is 1.00 bits per heavy atom. The standard InChI is InChI=1S/C25H21ClP.C21H29ClN2O2.C14H24N2O3.2CH4.BrH/c26-22-12-10-11-21(19-22)20-27(23-13-4-1-5-14-23,24-15-6-2-7-16-24)25-17-8-3-9-18-25;1-21(2,3)26-20(25)23-12-13-24-18(8-5-9-19(24)15-23)11-10-16-6-4-7-17(22)14-16;1-14(2,3)19-13(18)15-7-8-16-11(9-15)5-4-6-12(16)10-17;;;/h1-19H,20H2;4,6-7,10-11,14,18-19H,5,8-9,12-13,15H2,1-3H3;10-12H,4-9H2,1-3H3;2*1H4;1H/q+1;;;;;/p-1/b;11-10+;;;;/t;18-,19+;11-,12+;;;/m.10.../s1. The Morgan fingerprint density at radius 3 is 1.43 bits per heavy atom. The Balaban J connectivity index is 0.000000242. The quantitative estimate of drug-likeness (QED) is 0.113. The first-order valence-corrected chi connectivity index (χ1v) is 28.4. The normalized spacial score (nSPS) is 19.8. The molecule has 0 unspecified atom stereocenters. The van der Waals surface area contributed by atoms with Gasteiger partial charge in [-0.3, -0.25) is 9.80 Å². The van der Waals surface area contributed by atoms with E-state index in [0.717, 1.165) is 79.9 Å². The van der Waals surface area contributed by atoms with Crippen LogP contribution in [-0.2, 0) is 20.4 Å². The minimum Gasteiger partial charge on any atom is -1.00 e. The molecule has 9 rings (SSSR count). The summed E-state index contributed by atoms with van der Waals surface area (Å²) in [5, 5.41) is 5.73. The highest BCUT2D eigenvalue weighted by atomic mass is 79.9. The molecule has 75 heavy (non-hydrogen) atoms. The topological polar surface area (TPSA) is 82.6 Å². The summed E-state index contributed by atoms with van der Waals surface area (Å²) in [7, 11) is -1.85. The van der Waals surface area contributed by atoms with Gasteiger partial charge in [0.05, 0.1) is 12.2 Å². The van der Waals surface area contributed by atoms with Gasteiger partial charge in [0.1, 0.15) is 40.7 Å². The number of aldehydes is 1. The summed E-state index contributed by atoms with van der Waals surface area (Å²) in [5.74, 6) is 0. The van der Waals surface area contributed by atoms with Gasteiger partial charge in [0.2, 0.25) is 0 Å². The van der Waals surface area contributed by atoms with Crippen LogP contribution in [0.25, 0.3) is 6.08 Å². The van der Waals surface area contributed by atoms with Crippen LogP contribution in [0, 0.1) is 0 Å². The molecule has 4 saturated heterocycles. The van der Waals surface area contributed by atoms with Crippen LogP contribution in [0.4, 0.5) is 9.59 Å². The van der Waals surface area contributed by atoms with Crippen LogP contribution in [0.1, 0.15) is 106 Å².